The van der Waals surface area contributed by atoms with E-state index in [-0.39, 0.29) is 4.90 Å². The fraction of sp³-hybridized carbons (Fsp3) is 0.0769. The van der Waals surface area contributed by atoms with Gasteiger partial charge >= 0.3 is 0 Å². The highest BCUT2D eigenvalue weighted by Crippen LogP contribution is 2.28. The molecule has 2 aromatic rings. The number of rotatable bonds is 5. The maximum Gasteiger partial charge on any atom is 0.261 e. The molecule has 2 aromatic carbocycles. The predicted octanol–water partition coefficient (Wildman–Crippen LogP) is 2.54. The van der Waals surface area contributed by atoms with Crippen LogP contribution in [-0.4, -0.2) is 15.5 Å². The van der Waals surface area contributed by atoms with E-state index in [1.54, 1.807) is 30.3 Å². The van der Waals surface area contributed by atoms with Crippen molar-refractivity contribution in [2.24, 2.45) is 5.84 Å². The van der Waals surface area contributed by atoms with Gasteiger partial charge in [0.1, 0.15) is 5.75 Å². The second-order valence-electron chi connectivity index (χ2n) is 4.12. The van der Waals surface area contributed by atoms with Gasteiger partial charge in [0, 0.05) is 5.69 Å². The van der Waals surface area contributed by atoms with Crippen molar-refractivity contribution in [2.45, 2.75) is 4.90 Å². The maximum atomic E-state index is 12.3. The number of methoxy groups -OCH3 is 1. The van der Waals surface area contributed by atoms with Gasteiger partial charge in [0.2, 0.25) is 0 Å². The van der Waals surface area contributed by atoms with Crippen LogP contribution < -0.4 is 20.7 Å². The molecule has 0 aliphatic carbocycles. The molecule has 0 saturated heterocycles. The first kappa shape index (κ1) is 15.6. The molecule has 0 bridgehead atoms. The smallest absolute Gasteiger partial charge is 0.261 e. The molecule has 0 fully saturated rings. The molecule has 0 aliphatic rings. The largest absolute Gasteiger partial charge is 0.496 e. The van der Waals surface area contributed by atoms with Crippen LogP contribution in [0.25, 0.3) is 0 Å². The van der Waals surface area contributed by atoms with E-state index >= 15 is 0 Å². The molecule has 4 N–H and O–H groups in total. The van der Waals surface area contributed by atoms with E-state index in [1.807, 2.05) is 0 Å². The Bertz CT molecular complexity index is 733. The number of hydrogen-bond donors (Lipinski definition) is 3. The summed E-state index contributed by atoms with van der Waals surface area (Å²) in [7, 11) is -2.12. The third kappa shape index (κ3) is 3.66. The lowest BCUT2D eigenvalue weighted by molar-refractivity contribution is 0.412. The normalized spacial score (nSPS) is 11.0. The zero-order valence-electron chi connectivity index (χ0n) is 11.1. The lowest BCUT2D eigenvalue weighted by atomic mass is 10.3. The standard InChI is InChI=1S/C13H14BrN3O3S/c1-20-13-7-4-10(8-12(13)14)17-21(18,19)11-5-2-9(16-15)3-6-11/h2-8,16-17H,15H2,1H3. The van der Waals surface area contributed by atoms with Crippen LogP contribution in [0.4, 0.5) is 11.4 Å². The van der Waals surface area contributed by atoms with Crippen LogP contribution in [0.3, 0.4) is 0 Å². The number of anilines is 2. The molecule has 0 radical (unpaired) electrons. The van der Waals surface area contributed by atoms with Crippen molar-refractivity contribution < 1.29 is 13.2 Å². The summed E-state index contributed by atoms with van der Waals surface area (Å²) in [6.07, 6.45) is 0. The van der Waals surface area contributed by atoms with Gasteiger partial charge in [0.05, 0.1) is 22.2 Å². The minimum absolute atomic E-state index is 0.147. The number of nitrogen functional groups attached to an aromatic ring is 1. The topological polar surface area (TPSA) is 93.4 Å². The van der Waals surface area contributed by atoms with E-state index < -0.39 is 10.0 Å². The van der Waals surface area contributed by atoms with Crippen molar-refractivity contribution in [3.05, 3.63) is 46.9 Å². The molecule has 0 spiro atoms. The summed E-state index contributed by atoms with van der Waals surface area (Å²) in [6.45, 7) is 0. The summed E-state index contributed by atoms with van der Waals surface area (Å²) in [5, 5.41) is 0. The van der Waals surface area contributed by atoms with Gasteiger partial charge in [-0.25, -0.2) is 8.42 Å². The highest BCUT2D eigenvalue weighted by atomic mass is 79.9. The summed E-state index contributed by atoms with van der Waals surface area (Å²) in [6, 6.07) is 11.0. The van der Waals surface area contributed by atoms with Gasteiger partial charge in [0.25, 0.3) is 10.0 Å². The molecular formula is C13H14BrN3O3S. The first-order valence-electron chi connectivity index (χ1n) is 5.89. The zero-order chi connectivity index (χ0) is 15.5. The number of nitrogens with one attached hydrogen (secondary N) is 2. The van der Waals surface area contributed by atoms with E-state index in [1.165, 1.54) is 19.2 Å². The van der Waals surface area contributed by atoms with E-state index in [4.69, 9.17) is 10.6 Å². The Morgan fingerprint density at radius 1 is 1.10 bits per heavy atom. The summed E-state index contributed by atoms with van der Waals surface area (Å²) >= 11 is 3.31. The molecule has 0 aromatic heterocycles. The Morgan fingerprint density at radius 3 is 2.24 bits per heavy atom. The van der Waals surface area contributed by atoms with Crippen LogP contribution >= 0.6 is 15.9 Å². The van der Waals surface area contributed by atoms with Crippen molar-refractivity contribution in [2.75, 3.05) is 17.3 Å². The van der Waals surface area contributed by atoms with Crippen LogP contribution in [-0.2, 0) is 10.0 Å². The lowest BCUT2D eigenvalue weighted by Crippen LogP contribution is -2.13. The zero-order valence-corrected chi connectivity index (χ0v) is 13.5. The maximum absolute atomic E-state index is 12.3. The third-order valence-corrected chi connectivity index (χ3v) is 4.75. The monoisotopic (exact) mass is 371 g/mol. The first-order valence-corrected chi connectivity index (χ1v) is 8.17. The Morgan fingerprint density at radius 2 is 1.71 bits per heavy atom. The highest BCUT2D eigenvalue weighted by molar-refractivity contribution is 9.10. The average Bonchev–Trinajstić information content (AvgIpc) is 2.47. The number of ether oxygens (including phenoxy) is 1. The van der Waals surface area contributed by atoms with E-state index in [0.29, 0.717) is 21.6 Å². The SMILES string of the molecule is COc1ccc(NS(=O)(=O)c2ccc(NN)cc2)cc1Br. The van der Waals surface area contributed by atoms with Gasteiger partial charge in [0.15, 0.2) is 0 Å². The van der Waals surface area contributed by atoms with Crippen LogP contribution in [0.2, 0.25) is 0 Å². The van der Waals surface area contributed by atoms with Gasteiger partial charge in [-0.15, -0.1) is 0 Å². The van der Waals surface area contributed by atoms with Gasteiger partial charge in [-0.05, 0) is 58.4 Å². The number of nitrogens with two attached hydrogens (primary N) is 1. The quantitative estimate of drug-likeness (QED) is 0.554. The Balaban J connectivity index is 2.26. The van der Waals surface area contributed by atoms with E-state index in [2.05, 4.69) is 26.1 Å². The van der Waals surface area contributed by atoms with Crippen LogP contribution in [0.15, 0.2) is 51.8 Å². The summed E-state index contributed by atoms with van der Waals surface area (Å²) in [4.78, 5) is 0.147. The van der Waals surface area contributed by atoms with Crippen molar-refractivity contribution >= 4 is 37.3 Å². The molecule has 112 valence electrons. The Labute approximate surface area is 131 Å². The van der Waals surface area contributed by atoms with Crippen molar-refractivity contribution in [1.82, 2.24) is 0 Å². The molecule has 0 aliphatic heterocycles. The number of hydrazine groups is 1. The third-order valence-electron chi connectivity index (χ3n) is 2.74. The number of hydrogen-bond acceptors (Lipinski definition) is 5. The van der Waals surface area contributed by atoms with Crippen molar-refractivity contribution in [3.8, 4) is 5.75 Å². The summed E-state index contributed by atoms with van der Waals surface area (Å²) in [5.41, 5.74) is 3.50. The van der Waals surface area contributed by atoms with Crippen molar-refractivity contribution in [3.63, 3.8) is 0 Å². The molecule has 6 nitrogen and oxygen atoms in total. The van der Waals surface area contributed by atoms with E-state index in [9.17, 15) is 8.42 Å². The molecule has 2 rings (SSSR count). The van der Waals surface area contributed by atoms with Crippen molar-refractivity contribution in [1.29, 1.82) is 0 Å². The molecule has 0 atom stereocenters. The fourth-order valence-corrected chi connectivity index (χ4v) is 3.26. The molecule has 0 heterocycles. The van der Waals surface area contributed by atoms with Crippen LogP contribution in [0, 0.1) is 0 Å². The van der Waals surface area contributed by atoms with Gasteiger partial charge in [-0.2, -0.15) is 0 Å². The van der Waals surface area contributed by atoms with Crippen LogP contribution in [0.1, 0.15) is 0 Å². The van der Waals surface area contributed by atoms with Crippen LogP contribution in [0.5, 0.6) is 5.75 Å². The summed E-state index contributed by atoms with van der Waals surface area (Å²) in [5.74, 6) is 5.87. The molecule has 0 saturated carbocycles. The number of halogens is 1. The minimum atomic E-state index is -3.65. The average molecular weight is 372 g/mol. The molecule has 0 amide bonds. The number of benzene rings is 2. The summed E-state index contributed by atoms with van der Waals surface area (Å²) < 4.78 is 32.8. The molecule has 8 heteroatoms. The minimum Gasteiger partial charge on any atom is -0.496 e. The number of sulfonamides is 1. The Hall–Kier alpha value is -1.77. The van der Waals surface area contributed by atoms with Gasteiger partial charge < -0.3 is 10.2 Å². The second-order valence-corrected chi connectivity index (χ2v) is 6.66. The second kappa shape index (κ2) is 6.33. The Kier molecular flexibility index (Phi) is 4.71. The first-order chi connectivity index (χ1) is 9.96. The fourth-order valence-electron chi connectivity index (χ4n) is 1.67. The molecular weight excluding hydrogens is 358 g/mol. The van der Waals surface area contributed by atoms with Gasteiger partial charge in [-0.1, -0.05) is 0 Å². The lowest BCUT2D eigenvalue weighted by Gasteiger charge is -2.10. The molecule has 0 unspecified atom stereocenters. The predicted molar refractivity (Wildman–Crippen MR) is 85.8 cm³/mol. The highest BCUT2D eigenvalue weighted by Gasteiger charge is 2.14. The van der Waals surface area contributed by atoms with Gasteiger partial charge in [-0.3, -0.25) is 10.6 Å². The van der Waals surface area contributed by atoms with E-state index in [0.717, 1.165) is 0 Å². The molecule has 21 heavy (non-hydrogen) atoms.